The van der Waals surface area contributed by atoms with Crippen LogP contribution in [0.15, 0.2) is 12.5 Å². The Labute approximate surface area is 72.0 Å². The maximum atomic E-state index is 4.05. The summed E-state index contributed by atoms with van der Waals surface area (Å²) in [5, 5.41) is 0.699. The van der Waals surface area contributed by atoms with Gasteiger partial charge >= 0.3 is 0 Å². The molecule has 3 heteroatoms. The lowest BCUT2D eigenvalue weighted by molar-refractivity contribution is 0.866. The fraction of sp³-hybridized carbons (Fsp3) is 0.625. The van der Waals surface area contributed by atoms with Gasteiger partial charge in [-0.15, -0.1) is 0 Å². The van der Waals surface area contributed by atoms with Gasteiger partial charge in [0.15, 0.2) is 0 Å². The maximum absolute atomic E-state index is 4.05. The monoisotopic (exact) mass is 170 g/mol. The third kappa shape index (κ3) is 2.58. The number of aromatic nitrogens is 2. The molecule has 0 aromatic carbocycles. The molecule has 0 N–H and O–H groups in total. The molecule has 1 heterocycles. The van der Waals surface area contributed by atoms with Crippen molar-refractivity contribution in [3.8, 4) is 0 Å². The van der Waals surface area contributed by atoms with Crippen molar-refractivity contribution in [2.45, 2.75) is 24.9 Å². The van der Waals surface area contributed by atoms with E-state index in [-0.39, 0.29) is 0 Å². The molecule has 2 nitrogen and oxygen atoms in total. The van der Waals surface area contributed by atoms with Crippen LogP contribution in [-0.2, 0) is 12.8 Å². The van der Waals surface area contributed by atoms with Gasteiger partial charge in [-0.1, -0.05) is 13.8 Å². The van der Waals surface area contributed by atoms with Crippen LogP contribution in [0.2, 0.25) is 0 Å². The van der Waals surface area contributed by atoms with E-state index in [2.05, 4.69) is 23.4 Å². The first kappa shape index (κ1) is 8.65. The Morgan fingerprint density at radius 2 is 2.36 bits per heavy atom. The molecule has 0 aliphatic heterocycles. The van der Waals surface area contributed by atoms with Crippen molar-refractivity contribution < 1.29 is 0 Å². The number of nitrogens with zero attached hydrogens (tertiary/aromatic N) is 2. The summed E-state index contributed by atoms with van der Waals surface area (Å²) in [5.41, 5.74) is 1.30. The highest BCUT2D eigenvalue weighted by molar-refractivity contribution is 7.99. The van der Waals surface area contributed by atoms with E-state index in [4.69, 9.17) is 0 Å². The molecular formula is C8H14N2S. The average molecular weight is 170 g/mol. The van der Waals surface area contributed by atoms with Crippen LogP contribution in [0.4, 0.5) is 0 Å². The van der Waals surface area contributed by atoms with Crippen molar-refractivity contribution >= 4 is 11.8 Å². The number of hydrogen-bond acceptors (Lipinski definition) is 2. The second-order valence-corrected chi connectivity index (χ2v) is 4.42. The van der Waals surface area contributed by atoms with E-state index < -0.39 is 0 Å². The molecule has 0 saturated heterocycles. The van der Waals surface area contributed by atoms with E-state index in [1.807, 2.05) is 31.3 Å². The summed E-state index contributed by atoms with van der Waals surface area (Å²) in [6.07, 6.45) is 3.77. The van der Waals surface area contributed by atoms with Crippen LogP contribution in [0, 0.1) is 0 Å². The molecule has 0 bridgehead atoms. The Morgan fingerprint density at radius 1 is 1.64 bits per heavy atom. The van der Waals surface area contributed by atoms with E-state index in [1.54, 1.807) is 0 Å². The van der Waals surface area contributed by atoms with Crippen LogP contribution in [0.1, 0.15) is 19.5 Å². The molecule has 0 saturated carbocycles. The highest BCUT2D eigenvalue weighted by Gasteiger charge is 1.99. The van der Waals surface area contributed by atoms with Crippen molar-refractivity contribution in [2.75, 3.05) is 0 Å². The van der Waals surface area contributed by atoms with Gasteiger partial charge in [0.2, 0.25) is 0 Å². The van der Waals surface area contributed by atoms with Gasteiger partial charge < -0.3 is 4.57 Å². The minimum absolute atomic E-state index is 0.699. The van der Waals surface area contributed by atoms with Gasteiger partial charge in [0.25, 0.3) is 0 Å². The zero-order chi connectivity index (χ0) is 8.27. The van der Waals surface area contributed by atoms with Crippen LogP contribution in [0.5, 0.6) is 0 Å². The summed E-state index contributed by atoms with van der Waals surface area (Å²) in [4.78, 5) is 4.05. The molecule has 0 unspecified atom stereocenters. The van der Waals surface area contributed by atoms with Crippen molar-refractivity contribution in [1.29, 1.82) is 0 Å². The summed E-state index contributed by atoms with van der Waals surface area (Å²) < 4.78 is 2.06. The van der Waals surface area contributed by atoms with Crippen LogP contribution < -0.4 is 0 Å². The topological polar surface area (TPSA) is 17.8 Å². The van der Waals surface area contributed by atoms with Crippen molar-refractivity contribution in [1.82, 2.24) is 9.55 Å². The number of rotatable bonds is 3. The molecule has 0 aliphatic rings. The lowest BCUT2D eigenvalue weighted by Crippen LogP contribution is -1.95. The summed E-state index contributed by atoms with van der Waals surface area (Å²) in [6, 6.07) is 0. The summed E-state index contributed by atoms with van der Waals surface area (Å²) in [5.74, 6) is 1.06. The Kier molecular flexibility index (Phi) is 3.00. The lowest BCUT2D eigenvalue weighted by Gasteiger charge is -2.04. The molecular weight excluding hydrogens is 156 g/mol. The number of aryl methyl sites for hydroxylation is 1. The molecule has 0 fully saturated rings. The van der Waals surface area contributed by atoms with Gasteiger partial charge in [0.05, 0.1) is 6.33 Å². The predicted octanol–water partition coefficient (Wildman–Crippen LogP) is 2.06. The molecule has 1 aromatic heterocycles. The van der Waals surface area contributed by atoms with Crippen LogP contribution in [0.3, 0.4) is 0 Å². The molecule has 0 radical (unpaired) electrons. The summed E-state index contributed by atoms with van der Waals surface area (Å²) in [6.45, 7) is 4.42. The third-order valence-electron chi connectivity index (χ3n) is 1.48. The zero-order valence-electron chi connectivity index (χ0n) is 7.24. The smallest absolute Gasteiger partial charge is 0.0945 e. The van der Waals surface area contributed by atoms with E-state index in [0.29, 0.717) is 5.25 Å². The Balaban J connectivity index is 2.44. The molecule has 0 aliphatic carbocycles. The van der Waals surface area contributed by atoms with Crippen LogP contribution in [-0.4, -0.2) is 14.8 Å². The zero-order valence-corrected chi connectivity index (χ0v) is 8.06. The first-order valence-corrected chi connectivity index (χ1v) is 4.82. The predicted molar refractivity (Wildman–Crippen MR) is 49.6 cm³/mol. The van der Waals surface area contributed by atoms with E-state index in [1.165, 1.54) is 5.69 Å². The Bertz CT molecular complexity index is 218. The maximum Gasteiger partial charge on any atom is 0.0945 e. The molecule has 1 aromatic rings. The second-order valence-electron chi connectivity index (χ2n) is 2.86. The largest absolute Gasteiger partial charge is 0.337 e. The van der Waals surface area contributed by atoms with Gasteiger partial charge in [0, 0.05) is 24.7 Å². The fourth-order valence-electron chi connectivity index (χ4n) is 0.776. The minimum atomic E-state index is 0.699. The molecule has 0 spiro atoms. The normalized spacial score (nSPS) is 10.9. The summed E-state index contributed by atoms with van der Waals surface area (Å²) in [7, 11) is 2.03. The lowest BCUT2D eigenvalue weighted by atomic mass is 10.5. The van der Waals surface area contributed by atoms with Crippen LogP contribution >= 0.6 is 11.8 Å². The molecule has 62 valence electrons. The molecule has 0 atom stereocenters. The van der Waals surface area contributed by atoms with Gasteiger partial charge in [-0.05, 0) is 5.25 Å². The Hall–Kier alpha value is -0.440. The van der Waals surface area contributed by atoms with Crippen LogP contribution in [0.25, 0.3) is 0 Å². The standard InChI is InChI=1S/C8H14N2S/c1-7(2)11-5-8-4-9-6-10(8)3/h4,6-7H,5H2,1-3H3. The highest BCUT2D eigenvalue weighted by Crippen LogP contribution is 2.15. The number of thioether (sulfide) groups is 1. The first-order chi connectivity index (χ1) is 5.20. The fourth-order valence-corrected chi connectivity index (χ4v) is 1.56. The average Bonchev–Trinajstić information content (AvgIpc) is 2.31. The SMILES string of the molecule is CC(C)SCc1cncn1C. The van der Waals surface area contributed by atoms with Gasteiger partial charge in [-0.25, -0.2) is 4.98 Å². The summed E-state index contributed by atoms with van der Waals surface area (Å²) >= 11 is 1.94. The molecule has 11 heavy (non-hydrogen) atoms. The number of hydrogen-bond donors (Lipinski definition) is 0. The van der Waals surface area contributed by atoms with E-state index in [0.717, 1.165) is 5.75 Å². The second kappa shape index (κ2) is 3.81. The van der Waals surface area contributed by atoms with Crippen molar-refractivity contribution in [3.05, 3.63) is 18.2 Å². The van der Waals surface area contributed by atoms with E-state index in [9.17, 15) is 0 Å². The molecule has 0 amide bonds. The van der Waals surface area contributed by atoms with Gasteiger partial charge in [-0.2, -0.15) is 11.8 Å². The molecule has 1 rings (SSSR count). The minimum Gasteiger partial charge on any atom is -0.337 e. The van der Waals surface area contributed by atoms with E-state index >= 15 is 0 Å². The highest BCUT2D eigenvalue weighted by atomic mass is 32.2. The Morgan fingerprint density at radius 3 is 2.82 bits per heavy atom. The quantitative estimate of drug-likeness (QED) is 0.691. The van der Waals surface area contributed by atoms with Crippen molar-refractivity contribution in [3.63, 3.8) is 0 Å². The number of imidazole rings is 1. The third-order valence-corrected chi connectivity index (χ3v) is 2.61. The van der Waals surface area contributed by atoms with Gasteiger partial charge in [0.1, 0.15) is 0 Å². The van der Waals surface area contributed by atoms with Crippen molar-refractivity contribution in [2.24, 2.45) is 7.05 Å². The first-order valence-electron chi connectivity index (χ1n) is 3.77. The van der Waals surface area contributed by atoms with Gasteiger partial charge in [-0.3, -0.25) is 0 Å².